The zero-order valence-electron chi connectivity index (χ0n) is 16.4. The summed E-state index contributed by atoms with van der Waals surface area (Å²) in [6, 6.07) is 0.509. The van der Waals surface area contributed by atoms with E-state index in [4.69, 9.17) is 10.5 Å². The molecule has 0 aromatic heterocycles. The first-order valence-corrected chi connectivity index (χ1v) is 10.0. The molecular weight excluding hydrogens is 332 g/mol. The molecule has 3 saturated heterocycles. The maximum absolute atomic E-state index is 12.3. The highest BCUT2D eigenvalue weighted by atomic mass is 16.6. The highest BCUT2D eigenvalue weighted by molar-refractivity contribution is 5.77. The first-order valence-electron chi connectivity index (χ1n) is 10.0. The largest absolute Gasteiger partial charge is 0.444 e. The molecule has 3 aliphatic heterocycles. The minimum absolute atomic E-state index is 0.0457. The Morgan fingerprint density at radius 1 is 1.12 bits per heavy atom. The monoisotopic (exact) mass is 366 g/mol. The molecule has 0 bridgehead atoms. The van der Waals surface area contributed by atoms with E-state index in [0.717, 1.165) is 45.3 Å². The van der Waals surface area contributed by atoms with Gasteiger partial charge >= 0.3 is 6.09 Å². The van der Waals surface area contributed by atoms with Gasteiger partial charge in [0, 0.05) is 57.3 Å². The zero-order chi connectivity index (χ0) is 18.9. The lowest BCUT2D eigenvalue weighted by atomic mass is 9.97. The third-order valence-corrected chi connectivity index (χ3v) is 5.75. The second-order valence-corrected chi connectivity index (χ2v) is 8.93. The lowest BCUT2D eigenvalue weighted by Crippen LogP contribution is -2.54. The van der Waals surface area contributed by atoms with Crippen molar-refractivity contribution in [1.82, 2.24) is 14.7 Å². The minimum Gasteiger partial charge on any atom is -0.444 e. The van der Waals surface area contributed by atoms with Gasteiger partial charge in [-0.2, -0.15) is 0 Å². The number of carbonyl (C=O) groups excluding carboxylic acids is 2. The molecule has 26 heavy (non-hydrogen) atoms. The number of ether oxygens (including phenoxy) is 1. The van der Waals surface area contributed by atoms with Gasteiger partial charge in [0.25, 0.3) is 0 Å². The van der Waals surface area contributed by atoms with E-state index in [1.54, 1.807) is 4.90 Å². The maximum atomic E-state index is 12.3. The summed E-state index contributed by atoms with van der Waals surface area (Å²) >= 11 is 0. The van der Waals surface area contributed by atoms with Gasteiger partial charge in [0.15, 0.2) is 0 Å². The fourth-order valence-corrected chi connectivity index (χ4v) is 4.42. The molecule has 0 aromatic carbocycles. The molecule has 3 rings (SSSR count). The molecule has 0 aromatic rings. The number of nitrogens with zero attached hydrogens (tertiary/aromatic N) is 3. The summed E-state index contributed by atoms with van der Waals surface area (Å²) in [4.78, 5) is 30.7. The molecular formula is C19H34N4O3. The summed E-state index contributed by atoms with van der Waals surface area (Å²) in [5, 5.41) is 0. The Morgan fingerprint density at radius 2 is 1.81 bits per heavy atom. The number of likely N-dealkylation sites (tertiary alicyclic amines) is 3. The molecule has 0 spiro atoms. The van der Waals surface area contributed by atoms with Crippen LogP contribution in [0.3, 0.4) is 0 Å². The molecule has 2 atom stereocenters. The average molecular weight is 367 g/mol. The molecule has 3 heterocycles. The zero-order valence-corrected chi connectivity index (χ0v) is 16.4. The Balaban J connectivity index is 1.51. The number of rotatable bonds is 2. The van der Waals surface area contributed by atoms with Crippen LogP contribution in [0.2, 0.25) is 0 Å². The fourth-order valence-electron chi connectivity index (χ4n) is 4.42. The average Bonchev–Trinajstić information content (AvgIpc) is 2.96. The van der Waals surface area contributed by atoms with Crippen LogP contribution in [0, 0.1) is 0 Å². The van der Waals surface area contributed by atoms with Crippen LogP contribution in [0.1, 0.15) is 52.9 Å². The summed E-state index contributed by atoms with van der Waals surface area (Å²) in [6.45, 7) is 9.61. The van der Waals surface area contributed by atoms with Gasteiger partial charge in [0.2, 0.25) is 5.91 Å². The molecule has 2 amide bonds. The summed E-state index contributed by atoms with van der Waals surface area (Å²) < 4.78 is 5.48. The SMILES string of the molecule is CC(C)(C)OC(=O)N1CC(N)C(N2CCC(N3CCCCC3=O)CC2)C1. The smallest absolute Gasteiger partial charge is 0.410 e. The lowest BCUT2D eigenvalue weighted by Gasteiger charge is -2.42. The fraction of sp³-hybridized carbons (Fsp3) is 0.895. The Kier molecular flexibility index (Phi) is 5.77. The number of hydrogen-bond donors (Lipinski definition) is 1. The Hall–Kier alpha value is -1.34. The van der Waals surface area contributed by atoms with Crippen molar-refractivity contribution < 1.29 is 14.3 Å². The minimum atomic E-state index is -0.488. The second kappa shape index (κ2) is 7.72. The van der Waals surface area contributed by atoms with Crippen LogP contribution in [0.4, 0.5) is 4.79 Å². The van der Waals surface area contributed by atoms with Crippen LogP contribution in [0.15, 0.2) is 0 Å². The normalized spacial score (nSPS) is 29.3. The molecule has 0 saturated carbocycles. The van der Waals surface area contributed by atoms with Crippen molar-refractivity contribution in [2.24, 2.45) is 5.73 Å². The maximum Gasteiger partial charge on any atom is 0.410 e. The number of amides is 2. The summed E-state index contributed by atoms with van der Waals surface area (Å²) in [5.41, 5.74) is 5.86. The van der Waals surface area contributed by atoms with E-state index in [0.29, 0.717) is 31.5 Å². The van der Waals surface area contributed by atoms with Crippen molar-refractivity contribution in [3.05, 3.63) is 0 Å². The number of piperidine rings is 2. The summed E-state index contributed by atoms with van der Waals surface area (Å²) in [7, 11) is 0. The summed E-state index contributed by atoms with van der Waals surface area (Å²) in [6.07, 6.45) is 4.60. The van der Waals surface area contributed by atoms with Crippen molar-refractivity contribution >= 4 is 12.0 Å². The number of hydrogen-bond acceptors (Lipinski definition) is 5. The van der Waals surface area contributed by atoms with E-state index >= 15 is 0 Å². The molecule has 7 nitrogen and oxygen atoms in total. The van der Waals surface area contributed by atoms with Gasteiger partial charge in [-0.05, 0) is 46.5 Å². The van der Waals surface area contributed by atoms with Gasteiger partial charge in [0.05, 0.1) is 0 Å². The van der Waals surface area contributed by atoms with Crippen molar-refractivity contribution in [3.63, 3.8) is 0 Å². The molecule has 2 unspecified atom stereocenters. The number of carbonyl (C=O) groups is 2. The topological polar surface area (TPSA) is 79.1 Å². The van der Waals surface area contributed by atoms with Crippen molar-refractivity contribution in [3.8, 4) is 0 Å². The van der Waals surface area contributed by atoms with Crippen LogP contribution in [0.25, 0.3) is 0 Å². The molecule has 7 heteroatoms. The third-order valence-electron chi connectivity index (χ3n) is 5.75. The van der Waals surface area contributed by atoms with Gasteiger partial charge in [-0.3, -0.25) is 9.69 Å². The van der Waals surface area contributed by atoms with Crippen LogP contribution in [-0.2, 0) is 9.53 Å². The van der Waals surface area contributed by atoms with Gasteiger partial charge in [-0.1, -0.05) is 0 Å². The standard InChI is InChI=1S/C19H34N4O3/c1-19(2,3)26-18(25)22-12-15(20)16(13-22)21-10-7-14(8-11-21)23-9-5-4-6-17(23)24/h14-16H,4-13,20H2,1-3H3. The van der Waals surface area contributed by atoms with Crippen molar-refractivity contribution in [2.75, 3.05) is 32.7 Å². The third kappa shape index (κ3) is 4.49. The molecule has 2 N–H and O–H groups in total. The first-order chi connectivity index (χ1) is 12.2. The quantitative estimate of drug-likeness (QED) is 0.799. The predicted octanol–water partition coefficient (Wildman–Crippen LogP) is 1.41. The Morgan fingerprint density at radius 3 is 2.42 bits per heavy atom. The summed E-state index contributed by atoms with van der Waals surface area (Å²) in [5.74, 6) is 0.323. The van der Waals surface area contributed by atoms with Gasteiger partial charge in [0.1, 0.15) is 5.60 Å². The molecule has 3 fully saturated rings. The Labute approximate surface area is 156 Å². The lowest BCUT2D eigenvalue weighted by molar-refractivity contribution is -0.137. The van der Waals surface area contributed by atoms with Crippen molar-refractivity contribution in [2.45, 2.75) is 76.6 Å². The first kappa shape index (κ1) is 19.4. The van der Waals surface area contributed by atoms with Crippen LogP contribution in [-0.4, -0.2) is 83.2 Å². The Bertz CT molecular complexity index is 525. The predicted molar refractivity (Wildman–Crippen MR) is 99.7 cm³/mol. The van der Waals surface area contributed by atoms with Crippen LogP contribution >= 0.6 is 0 Å². The highest BCUT2D eigenvalue weighted by Gasteiger charge is 2.40. The van der Waals surface area contributed by atoms with E-state index in [2.05, 4.69) is 9.80 Å². The molecule has 3 aliphatic rings. The van der Waals surface area contributed by atoms with E-state index in [1.807, 2.05) is 20.8 Å². The molecule has 0 aliphatic carbocycles. The van der Waals surface area contributed by atoms with E-state index < -0.39 is 5.60 Å². The van der Waals surface area contributed by atoms with E-state index in [-0.39, 0.29) is 18.2 Å². The molecule has 148 valence electrons. The van der Waals surface area contributed by atoms with Gasteiger partial charge < -0.3 is 20.3 Å². The highest BCUT2D eigenvalue weighted by Crippen LogP contribution is 2.25. The van der Waals surface area contributed by atoms with Crippen LogP contribution < -0.4 is 5.73 Å². The van der Waals surface area contributed by atoms with E-state index in [9.17, 15) is 9.59 Å². The van der Waals surface area contributed by atoms with Gasteiger partial charge in [-0.15, -0.1) is 0 Å². The van der Waals surface area contributed by atoms with Crippen molar-refractivity contribution in [1.29, 1.82) is 0 Å². The number of nitrogens with two attached hydrogens (primary N) is 1. The van der Waals surface area contributed by atoms with E-state index in [1.165, 1.54) is 0 Å². The van der Waals surface area contributed by atoms with Crippen LogP contribution in [0.5, 0.6) is 0 Å². The second-order valence-electron chi connectivity index (χ2n) is 8.93. The molecule has 0 radical (unpaired) electrons. The van der Waals surface area contributed by atoms with Gasteiger partial charge in [-0.25, -0.2) is 4.79 Å².